The zero-order chi connectivity index (χ0) is 13.7. The predicted molar refractivity (Wildman–Crippen MR) is 83.6 cm³/mol. The van der Waals surface area contributed by atoms with Gasteiger partial charge in [-0.3, -0.25) is 4.79 Å². The molecule has 0 bridgehead atoms. The van der Waals surface area contributed by atoms with E-state index in [9.17, 15) is 4.79 Å². The lowest BCUT2D eigenvalue weighted by Gasteiger charge is -2.35. The van der Waals surface area contributed by atoms with Crippen molar-refractivity contribution in [3.8, 4) is 0 Å². The monoisotopic (exact) mass is 344 g/mol. The lowest BCUT2D eigenvalue weighted by atomic mass is 9.76. The number of hydrogen-bond acceptors (Lipinski definition) is 3. The third-order valence-corrected chi connectivity index (χ3v) is 5.69. The number of amides is 1. The third-order valence-electron chi connectivity index (χ3n) is 4.00. The van der Waals surface area contributed by atoms with Gasteiger partial charge in [-0.2, -0.15) is 0 Å². The van der Waals surface area contributed by atoms with Crippen molar-refractivity contribution in [2.75, 3.05) is 19.6 Å². The second kappa shape index (κ2) is 6.86. The molecule has 0 saturated carbocycles. The molecule has 0 radical (unpaired) electrons. The van der Waals surface area contributed by atoms with Gasteiger partial charge in [0.05, 0.1) is 9.20 Å². The lowest BCUT2D eigenvalue weighted by Crippen LogP contribution is -2.47. The molecule has 2 heterocycles. The van der Waals surface area contributed by atoms with Crippen molar-refractivity contribution in [2.45, 2.75) is 32.6 Å². The molecule has 1 saturated heterocycles. The van der Waals surface area contributed by atoms with Gasteiger partial charge in [0.1, 0.15) is 0 Å². The van der Waals surface area contributed by atoms with Gasteiger partial charge in [0.25, 0.3) is 0 Å². The smallest absolute Gasteiger partial charge is 0.226 e. The molecule has 1 aliphatic heterocycles. The Hall–Kier alpha value is -0.390. The summed E-state index contributed by atoms with van der Waals surface area (Å²) in [5.41, 5.74) is -0.138. The lowest BCUT2D eigenvalue weighted by molar-refractivity contribution is -0.132. The zero-order valence-corrected chi connectivity index (χ0v) is 13.7. The van der Waals surface area contributed by atoms with E-state index in [0.29, 0.717) is 0 Å². The van der Waals surface area contributed by atoms with Gasteiger partial charge in [-0.25, -0.2) is 0 Å². The van der Waals surface area contributed by atoms with Crippen LogP contribution in [-0.2, 0) is 11.2 Å². The van der Waals surface area contributed by atoms with Crippen molar-refractivity contribution in [2.24, 2.45) is 5.41 Å². The zero-order valence-electron chi connectivity index (χ0n) is 11.3. The van der Waals surface area contributed by atoms with Gasteiger partial charge < -0.3 is 10.6 Å². The molecule has 5 heteroatoms. The molecule has 0 atom stereocenters. The Kier molecular flexibility index (Phi) is 5.42. The molecule has 1 aromatic heterocycles. The number of piperidine rings is 1. The Labute approximate surface area is 127 Å². The number of carbonyl (C=O) groups is 1. The van der Waals surface area contributed by atoms with Crippen molar-refractivity contribution in [3.05, 3.63) is 20.8 Å². The molecular weight excluding hydrogens is 324 g/mol. The first kappa shape index (κ1) is 15.0. The van der Waals surface area contributed by atoms with E-state index in [2.05, 4.69) is 45.6 Å². The number of halogens is 1. The predicted octanol–water partition coefficient (Wildman–Crippen LogP) is 2.95. The second-order valence-corrected chi connectivity index (χ2v) is 7.64. The first-order valence-electron chi connectivity index (χ1n) is 6.89. The van der Waals surface area contributed by atoms with Gasteiger partial charge in [0, 0.05) is 11.4 Å². The van der Waals surface area contributed by atoms with Crippen LogP contribution in [0.2, 0.25) is 0 Å². The summed E-state index contributed by atoms with van der Waals surface area (Å²) in [6, 6.07) is 4.17. The highest BCUT2D eigenvalue weighted by molar-refractivity contribution is 9.11. The van der Waals surface area contributed by atoms with Crippen LogP contribution in [0.3, 0.4) is 0 Å². The molecule has 1 amide bonds. The van der Waals surface area contributed by atoms with Crippen molar-refractivity contribution in [1.29, 1.82) is 0 Å². The van der Waals surface area contributed by atoms with E-state index in [4.69, 9.17) is 0 Å². The van der Waals surface area contributed by atoms with Crippen LogP contribution in [0.15, 0.2) is 15.9 Å². The SMILES string of the molecule is CCC1(C(=O)NCCc2ccc(Br)s2)CCNCC1. The van der Waals surface area contributed by atoms with E-state index < -0.39 is 0 Å². The fourth-order valence-electron chi connectivity index (χ4n) is 2.62. The number of hydrogen-bond donors (Lipinski definition) is 2. The molecule has 3 nitrogen and oxygen atoms in total. The highest BCUT2D eigenvalue weighted by atomic mass is 79.9. The maximum Gasteiger partial charge on any atom is 0.226 e. The Morgan fingerprint density at radius 1 is 1.47 bits per heavy atom. The van der Waals surface area contributed by atoms with E-state index in [1.165, 1.54) is 4.88 Å². The fourth-order valence-corrected chi connectivity index (χ4v) is 4.10. The molecule has 0 unspecified atom stereocenters. The number of nitrogens with one attached hydrogen (secondary N) is 2. The van der Waals surface area contributed by atoms with Gasteiger partial charge in [-0.05, 0) is 66.8 Å². The van der Waals surface area contributed by atoms with Gasteiger partial charge in [0.15, 0.2) is 0 Å². The minimum Gasteiger partial charge on any atom is -0.355 e. The Bertz CT molecular complexity index is 427. The second-order valence-electron chi connectivity index (χ2n) is 5.10. The molecule has 106 valence electrons. The average Bonchev–Trinajstić information content (AvgIpc) is 2.85. The largest absolute Gasteiger partial charge is 0.355 e. The van der Waals surface area contributed by atoms with Crippen molar-refractivity contribution in [1.82, 2.24) is 10.6 Å². The number of rotatable bonds is 5. The van der Waals surface area contributed by atoms with Gasteiger partial charge in [-0.15, -0.1) is 11.3 Å². The maximum absolute atomic E-state index is 12.4. The van der Waals surface area contributed by atoms with E-state index in [1.807, 2.05) is 0 Å². The molecule has 0 spiro atoms. The Morgan fingerprint density at radius 3 is 2.79 bits per heavy atom. The van der Waals surface area contributed by atoms with Crippen LogP contribution < -0.4 is 10.6 Å². The first-order valence-corrected chi connectivity index (χ1v) is 8.50. The summed E-state index contributed by atoms with van der Waals surface area (Å²) in [7, 11) is 0. The minimum absolute atomic E-state index is 0.138. The van der Waals surface area contributed by atoms with E-state index in [0.717, 1.165) is 49.1 Å². The highest BCUT2D eigenvalue weighted by Crippen LogP contribution is 2.32. The summed E-state index contributed by atoms with van der Waals surface area (Å²) in [5, 5.41) is 6.46. The molecular formula is C14H21BrN2OS. The molecule has 19 heavy (non-hydrogen) atoms. The summed E-state index contributed by atoms with van der Waals surface area (Å²) in [6.07, 6.45) is 3.77. The summed E-state index contributed by atoms with van der Waals surface area (Å²) >= 11 is 5.19. The van der Waals surface area contributed by atoms with Gasteiger partial charge in [0.2, 0.25) is 5.91 Å². The molecule has 0 aliphatic carbocycles. The van der Waals surface area contributed by atoms with Crippen LogP contribution in [0.5, 0.6) is 0 Å². The number of carbonyl (C=O) groups excluding carboxylic acids is 1. The molecule has 2 N–H and O–H groups in total. The third kappa shape index (κ3) is 3.80. The standard InChI is InChI=1S/C14H21BrN2OS/c1-2-14(6-9-16-10-7-14)13(18)17-8-5-11-3-4-12(15)19-11/h3-4,16H,2,5-10H2,1H3,(H,17,18). The van der Waals surface area contributed by atoms with Crippen LogP contribution in [0.1, 0.15) is 31.1 Å². The average molecular weight is 345 g/mol. The normalized spacial score (nSPS) is 18.2. The summed E-state index contributed by atoms with van der Waals surface area (Å²) in [4.78, 5) is 13.7. The first-order chi connectivity index (χ1) is 9.16. The molecule has 1 aliphatic rings. The fraction of sp³-hybridized carbons (Fsp3) is 0.643. The van der Waals surface area contributed by atoms with Crippen LogP contribution in [-0.4, -0.2) is 25.5 Å². The minimum atomic E-state index is -0.138. The van der Waals surface area contributed by atoms with Gasteiger partial charge >= 0.3 is 0 Å². The van der Waals surface area contributed by atoms with E-state index >= 15 is 0 Å². The maximum atomic E-state index is 12.4. The van der Waals surface area contributed by atoms with Gasteiger partial charge in [-0.1, -0.05) is 6.92 Å². The summed E-state index contributed by atoms with van der Waals surface area (Å²) < 4.78 is 1.15. The van der Waals surface area contributed by atoms with Crippen LogP contribution >= 0.6 is 27.3 Å². The van der Waals surface area contributed by atoms with Crippen molar-refractivity contribution >= 4 is 33.2 Å². The Morgan fingerprint density at radius 2 is 2.21 bits per heavy atom. The summed E-state index contributed by atoms with van der Waals surface area (Å²) in [6.45, 7) is 4.78. The van der Waals surface area contributed by atoms with Crippen LogP contribution in [0, 0.1) is 5.41 Å². The quantitative estimate of drug-likeness (QED) is 0.862. The van der Waals surface area contributed by atoms with Crippen molar-refractivity contribution < 1.29 is 4.79 Å². The summed E-state index contributed by atoms with van der Waals surface area (Å²) in [5.74, 6) is 0.243. The number of thiophene rings is 1. The Balaban J connectivity index is 1.82. The molecule has 1 aromatic rings. The topological polar surface area (TPSA) is 41.1 Å². The van der Waals surface area contributed by atoms with Crippen molar-refractivity contribution in [3.63, 3.8) is 0 Å². The van der Waals surface area contributed by atoms with Crippen LogP contribution in [0.4, 0.5) is 0 Å². The highest BCUT2D eigenvalue weighted by Gasteiger charge is 2.37. The van der Waals surface area contributed by atoms with Crippen LogP contribution in [0.25, 0.3) is 0 Å². The molecule has 1 fully saturated rings. The van der Waals surface area contributed by atoms with E-state index in [1.54, 1.807) is 11.3 Å². The molecule has 2 rings (SSSR count). The molecule has 0 aromatic carbocycles. The van der Waals surface area contributed by atoms with E-state index in [-0.39, 0.29) is 11.3 Å².